The normalized spacial score (nSPS) is 23.8. The van der Waals surface area contributed by atoms with Crippen molar-refractivity contribution in [2.45, 2.75) is 44.2 Å². The Kier molecular flexibility index (Phi) is 4.31. The van der Waals surface area contributed by atoms with Gasteiger partial charge in [-0.1, -0.05) is 18.7 Å². The maximum atomic E-state index is 12.0. The quantitative estimate of drug-likeness (QED) is 0.820. The molecule has 2 atom stereocenters. The van der Waals surface area contributed by atoms with Crippen LogP contribution in [0, 0.1) is 0 Å². The highest BCUT2D eigenvalue weighted by molar-refractivity contribution is 8.14. The molecule has 2 nitrogen and oxygen atoms in total. The van der Waals surface area contributed by atoms with Gasteiger partial charge in [0.1, 0.15) is 0 Å². The minimum absolute atomic E-state index is 0.422. The number of nitrogens with one attached hydrogen (secondary N) is 1. The second-order valence-electron chi connectivity index (χ2n) is 3.66. The molecule has 0 aromatic carbocycles. The minimum Gasteiger partial charge on any atom is -0.362 e. The second-order valence-corrected chi connectivity index (χ2v) is 4.95. The monoisotopic (exact) mass is 240 g/mol. The van der Waals surface area contributed by atoms with Crippen molar-refractivity contribution in [1.29, 1.82) is 0 Å². The summed E-state index contributed by atoms with van der Waals surface area (Å²) in [6, 6.07) is -0.605. The van der Waals surface area contributed by atoms with Crippen LogP contribution in [0.15, 0.2) is 4.99 Å². The lowest BCUT2D eigenvalue weighted by atomic mass is 10.2. The lowest BCUT2D eigenvalue weighted by Crippen LogP contribution is -2.34. The van der Waals surface area contributed by atoms with Gasteiger partial charge in [0.2, 0.25) is 0 Å². The maximum absolute atomic E-state index is 12.0. The fourth-order valence-corrected chi connectivity index (χ4v) is 2.37. The standard InChI is InChI=1S/C9H15F3N2S/c1-3-7-5-13-8(15-7)14-6(2)4-9(10,11)12/h6-7H,3-5H2,1-2H3,(H,13,14). The average Bonchev–Trinajstić information content (AvgIpc) is 2.48. The van der Waals surface area contributed by atoms with Gasteiger partial charge in [-0.2, -0.15) is 13.2 Å². The molecule has 0 fully saturated rings. The molecule has 6 heteroatoms. The molecular weight excluding hydrogens is 225 g/mol. The molecule has 0 aliphatic carbocycles. The molecule has 2 unspecified atom stereocenters. The van der Waals surface area contributed by atoms with Gasteiger partial charge < -0.3 is 5.32 Å². The third kappa shape index (κ3) is 4.77. The fourth-order valence-electron chi connectivity index (χ4n) is 1.32. The van der Waals surface area contributed by atoms with E-state index < -0.39 is 18.6 Å². The van der Waals surface area contributed by atoms with Crippen LogP contribution < -0.4 is 5.32 Å². The Hall–Kier alpha value is -0.390. The van der Waals surface area contributed by atoms with Gasteiger partial charge in [-0.25, -0.2) is 0 Å². The molecular formula is C9H15F3N2S. The molecule has 0 saturated carbocycles. The Morgan fingerprint density at radius 3 is 2.73 bits per heavy atom. The summed E-state index contributed by atoms with van der Waals surface area (Å²) in [5, 5.41) is 3.87. The third-order valence-corrected chi connectivity index (χ3v) is 3.37. The summed E-state index contributed by atoms with van der Waals surface area (Å²) in [6.07, 6.45) is -3.93. The van der Waals surface area contributed by atoms with Crippen molar-refractivity contribution in [3.8, 4) is 0 Å². The van der Waals surface area contributed by atoms with E-state index in [0.29, 0.717) is 17.0 Å². The minimum atomic E-state index is -4.11. The van der Waals surface area contributed by atoms with Gasteiger partial charge in [-0.05, 0) is 13.3 Å². The van der Waals surface area contributed by atoms with E-state index in [2.05, 4.69) is 17.2 Å². The number of amidine groups is 1. The molecule has 0 radical (unpaired) electrons. The Morgan fingerprint density at radius 2 is 2.27 bits per heavy atom. The molecule has 88 valence electrons. The zero-order valence-corrected chi connectivity index (χ0v) is 9.58. The number of hydrogen-bond acceptors (Lipinski definition) is 3. The number of alkyl halides is 3. The lowest BCUT2D eigenvalue weighted by Gasteiger charge is -2.16. The van der Waals surface area contributed by atoms with Gasteiger partial charge in [-0.15, -0.1) is 0 Å². The van der Waals surface area contributed by atoms with Gasteiger partial charge in [0, 0.05) is 11.3 Å². The molecule has 0 spiro atoms. The van der Waals surface area contributed by atoms with E-state index in [1.165, 1.54) is 18.7 Å². The predicted molar refractivity (Wildman–Crippen MR) is 57.2 cm³/mol. The molecule has 1 aliphatic heterocycles. The number of aliphatic imine (C=N–C) groups is 1. The number of nitrogens with zero attached hydrogens (tertiary/aromatic N) is 1. The van der Waals surface area contributed by atoms with E-state index in [0.717, 1.165) is 6.42 Å². The van der Waals surface area contributed by atoms with Crippen LogP contribution in [-0.4, -0.2) is 29.2 Å². The zero-order valence-electron chi connectivity index (χ0n) is 8.77. The van der Waals surface area contributed by atoms with Crippen molar-refractivity contribution >= 4 is 16.9 Å². The molecule has 0 bridgehead atoms. The maximum Gasteiger partial charge on any atom is 0.391 e. The fraction of sp³-hybridized carbons (Fsp3) is 0.889. The van der Waals surface area contributed by atoms with Crippen LogP contribution in [-0.2, 0) is 0 Å². The first-order chi connectivity index (χ1) is 6.90. The van der Waals surface area contributed by atoms with Crippen molar-refractivity contribution in [2.24, 2.45) is 4.99 Å². The third-order valence-electron chi connectivity index (χ3n) is 2.08. The Morgan fingerprint density at radius 1 is 1.60 bits per heavy atom. The Labute approximate surface area is 91.7 Å². The molecule has 0 aromatic rings. The van der Waals surface area contributed by atoms with Crippen LogP contribution in [0.2, 0.25) is 0 Å². The summed E-state index contributed by atoms with van der Waals surface area (Å²) in [5.74, 6) is 0. The van der Waals surface area contributed by atoms with E-state index in [-0.39, 0.29) is 0 Å². The van der Waals surface area contributed by atoms with Gasteiger partial charge in [0.05, 0.1) is 13.0 Å². The average molecular weight is 240 g/mol. The summed E-state index contributed by atoms with van der Waals surface area (Å²) in [7, 11) is 0. The van der Waals surface area contributed by atoms with Crippen molar-refractivity contribution < 1.29 is 13.2 Å². The summed E-state index contributed by atoms with van der Waals surface area (Å²) in [5.41, 5.74) is 0. The number of thioether (sulfide) groups is 1. The molecule has 1 heterocycles. The van der Waals surface area contributed by atoms with E-state index in [9.17, 15) is 13.2 Å². The van der Waals surface area contributed by atoms with Crippen LogP contribution in [0.25, 0.3) is 0 Å². The van der Waals surface area contributed by atoms with Gasteiger partial charge in [0.15, 0.2) is 5.17 Å². The van der Waals surface area contributed by atoms with Gasteiger partial charge in [0.25, 0.3) is 0 Å². The highest BCUT2D eigenvalue weighted by Gasteiger charge is 2.31. The molecule has 1 N–H and O–H groups in total. The lowest BCUT2D eigenvalue weighted by molar-refractivity contribution is -0.138. The molecule has 1 rings (SSSR count). The summed E-state index contributed by atoms with van der Waals surface area (Å²) >= 11 is 1.54. The smallest absolute Gasteiger partial charge is 0.362 e. The summed E-state index contributed by atoms with van der Waals surface area (Å²) in [4.78, 5) is 4.16. The van der Waals surface area contributed by atoms with Gasteiger partial charge in [-0.3, -0.25) is 4.99 Å². The van der Waals surface area contributed by atoms with Crippen LogP contribution in [0.1, 0.15) is 26.7 Å². The first kappa shape index (κ1) is 12.7. The van der Waals surface area contributed by atoms with E-state index >= 15 is 0 Å². The van der Waals surface area contributed by atoms with Crippen LogP contribution in [0.5, 0.6) is 0 Å². The molecule has 0 amide bonds. The van der Waals surface area contributed by atoms with Crippen molar-refractivity contribution in [2.75, 3.05) is 6.54 Å². The number of hydrogen-bond donors (Lipinski definition) is 1. The largest absolute Gasteiger partial charge is 0.391 e. The van der Waals surface area contributed by atoms with Crippen LogP contribution >= 0.6 is 11.8 Å². The van der Waals surface area contributed by atoms with Crippen molar-refractivity contribution in [3.63, 3.8) is 0 Å². The first-order valence-electron chi connectivity index (χ1n) is 4.95. The molecule has 15 heavy (non-hydrogen) atoms. The predicted octanol–water partition coefficient (Wildman–Crippen LogP) is 2.80. The highest BCUT2D eigenvalue weighted by Crippen LogP contribution is 2.25. The van der Waals surface area contributed by atoms with Crippen molar-refractivity contribution in [1.82, 2.24) is 5.32 Å². The summed E-state index contributed by atoms with van der Waals surface area (Å²) < 4.78 is 36.1. The zero-order chi connectivity index (χ0) is 11.5. The van der Waals surface area contributed by atoms with Crippen molar-refractivity contribution in [3.05, 3.63) is 0 Å². The Bertz CT molecular complexity index is 240. The van der Waals surface area contributed by atoms with E-state index in [1.54, 1.807) is 0 Å². The van der Waals surface area contributed by atoms with E-state index in [4.69, 9.17) is 0 Å². The summed E-state index contributed by atoms with van der Waals surface area (Å²) in [6.45, 7) is 4.29. The molecule has 0 aromatic heterocycles. The number of rotatable bonds is 3. The van der Waals surface area contributed by atoms with Gasteiger partial charge >= 0.3 is 6.18 Å². The van der Waals surface area contributed by atoms with E-state index in [1.807, 2.05) is 0 Å². The topological polar surface area (TPSA) is 24.4 Å². The SMILES string of the molecule is CCC1CN=C(NC(C)CC(F)(F)F)S1. The highest BCUT2D eigenvalue weighted by atomic mass is 32.2. The number of halogens is 3. The van der Waals surface area contributed by atoms with Crippen LogP contribution in [0.3, 0.4) is 0 Å². The second kappa shape index (κ2) is 5.09. The Balaban J connectivity index is 2.30. The first-order valence-corrected chi connectivity index (χ1v) is 5.83. The molecule has 0 saturated heterocycles. The van der Waals surface area contributed by atoms with Crippen LogP contribution in [0.4, 0.5) is 13.2 Å². The molecule has 1 aliphatic rings.